The molecule has 26 heavy (non-hydrogen) atoms. The Balaban J connectivity index is 1.51. The minimum atomic E-state index is -0.548. The number of ether oxygens (including phenoxy) is 2. The molecule has 1 saturated heterocycles. The van der Waals surface area contributed by atoms with Crippen molar-refractivity contribution in [1.29, 1.82) is 0 Å². The minimum absolute atomic E-state index is 0.166. The number of carbonyl (C=O) groups is 2. The Labute approximate surface area is 150 Å². The SMILES string of the molecule is COc1cc2c(OCC[C@H]3NC(=O)[C@@H]4[C@H](C)[C@@H]43)nccc2cc1C(N)=O. The van der Waals surface area contributed by atoms with Gasteiger partial charge in [0.25, 0.3) is 5.91 Å². The molecule has 1 aliphatic heterocycles. The van der Waals surface area contributed by atoms with E-state index in [2.05, 4.69) is 17.2 Å². The van der Waals surface area contributed by atoms with Crippen LogP contribution in [-0.4, -0.2) is 36.6 Å². The molecular formula is C19H21N3O4. The number of piperidine rings is 1. The van der Waals surface area contributed by atoms with Crippen molar-refractivity contribution in [2.45, 2.75) is 19.4 Å². The van der Waals surface area contributed by atoms with E-state index >= 15 is 0 Å². The van der Waals surface area contributed by atoms with Crippen molar-refractivity contribution in [1.82, 2.24) is 10.3 Å². The number of amides is 2. The molecular weight excluding hydrogens is 334 g/mol. The molecule has 0 spiro atoms. The number of carbonyl (C=O) groups excluding carboxylic acids is 2. The summed E-state index contributed by atoms with van der Waals surface area (Å²) < 4.78 is 11.2. The number of nitrogens with two attached hydrogens (primary N) is 1. The third-order valence-electron chi connectivity index (χ3n) is 5.52. The number of hydrogen-bond acceptors (Lipinski definition) is 5. The molecule has 0 unspecified atom stereocenters. The molecule has 7 heteroatoms. The molecule has 1 aromatic carbocycles. The van der Waals surface area contributed by atoms with E-state index in [1.54, 1.807) is 24.4 Å². The van der Waals surface area contributed by atoms with Gasteiger partial charge in [0.05, 0.1) is 19.3 Å². The lowest BCUT2D eigenvalue weighted by Gasteiger charge is -2.16. The Kier molecular flexibility index (Phi) is 3.94. The number of aromatic nitrogens is 1. The van der Waals surface area contributed by atoms with Crippen LogP contribution in [0.3, 0.4) is 0 Å². The van der Waals surface area contributed by atoms with Crippen LogP contribution in [0.5, 0.6) is 11.6 Å². The number of hydrogen-bond donors (Lipinski definition) is 2. The lowest BCUT2D eigenvalue weighted by Crippen LogP contribution is -2.33. The molecule has 2 aliphatic rings. The first-order valence-electron chi connectivity index (χ1n) is 8.71. The lowest BCUT2D eigenvalue weighted by molar-refractivity contribution is -0.121. The van der Waals surface area contributed by atoms with Crippen LogP contribution in [0, 0.1) is 17.8 Å². The quantitative estimate of drug-likeness (QED) is 0.817. The second kappa shape index (κ2) is 6.16. The van der Waals surface area contributed by atoms with Crippen molar-refractivity contribution >= 4 is 22.6 Å². The van der Waals surface area contributed by atoms with Crippen molar-refractivity contribution in [3.8, 4) is 11.6 Å². The van der Waals surface area contributed by atoms with Crippen LogP contribution >= 0.6 is 0 Å². The van der Waals surface area contributed by atoms with E-state index in [1.807, 2.05) is 0 Å². The Morgan fingerprint density at radius 3 is 2.85 bits per heavy atom. The van der Waals surface area contributed by atoms with Crippen molar-refractivity contribution in [2.75, 3.05) is 13.7 Å². The van der Waals surface area contributed by atoms with Crippen molar-refractivity contribution in [3.63, 3.8) is 0 Å². The fourth-order valence-electron chi connectivity index (χ4n) is 4.10. The summed E-state index contributed by atoms with van der Waals surface area (Å²) in [6.07, 6.45) is 2.37. The normalized spacial score (nSPS) is 26.3. The Morgan fingerprint density at radius 2 is 2.19 bits per heavy atom. The molecule has 2 amide bonds. The lowest BCUT2D eigenvalue weighted by atomic mass is 10.1. The maximum atomic E-state index is 11.8. The van der Waals surface area contributed by atoms with Crippen LogP contribution in [-0.2, 0) is 4.79 Å². The number of nitrogens with zero attached hydrogens (tertiary/aromatic N) is 1. The standard InChI is InChI=1S/C19H21N3O4/c1-9-15-13(22-18(24)16(9)15)4-6-26-19-11-8-14(25-2)12(17(20)23)7-10(11)3-5-21-19/h3,5,7-9,13,15-16H,4,6H2,1-2H3,(H2,20,23)(H,22,24)/t9-,13-,15-,16-/m1/s1. The average Bonchev–Trinajstić information content (AvgIpc) is 3.18. The second-order valence-electron chi connectivity index (χ2n) is 6.97. The summed E-state index contributed by atoms with van der Waals surface area (Å²) in [5, 5.41) is 4.59. The zero-order valence-electron chi connectivity index (χ0n) is 14.7. The summed E-state index contributed by atoms with van der Waals surface area (Å²) in [5.41, 5.74) is 5.73. The van der Waals surface area contributed by atoms with E-state index < -0.39 is 5.91 Å². The first kappa shape index (κ1) is 16.6. The van der Waals surface area contributed by atoms with E-state index in [0.29, 0.717) is 35.6 Å². The summed E-state index contributed by atoms with van der Waals surface area (Å²) in [7, 11) is 1.49. The number of methoxy groups -OCH3 is 1. The van der Waals surface area contributed by atoms with Gasteiger partial charge in [-0.25, -0.2) is 4.98 Å². The highest BCUT2D eigenvalue weighted by molar-refractivity contribution is 6.01. The molecule has 7 nitrogen and oxygen atoms in total. The van der Waals surface area contributed by atoms with Gasteiger partial charge in [0, 0.05) is 30.0 Å². The number of rotatable bonds is 6. The highest BCUT2D eigenvalue weighted by Crippen LogP contribution is 2.52. The van der Waals surface area contributed by atoms with Gasteiger partial charge in [-0.05, 0) is 35.4 Å². The van der Waals surface area contributed by atoms with Gasteiger partial charge in [-0.2, -0.15) is 0 Å². The smallest absolute Gasteiger partial charge is 0.252 e. The molecule has 2 aromatic rings. The summed E-state index contributed by atoms with van der Waals surface area (Å²) in [4.78, 5) is 27.7. The van der Waals surface area contributed by atoms with Gasteiger partial charge in [-0.1, -0.05) is 6.92 Å². The third kappa shape index (κ3) is 2.64. The number of fused-ring (bicyclic) bond motifs is 2. The zero-order valence-corrected chi connectivity index (χ0v) is 14.7. The number of primary amides is 1. The van der Waals surface area contributed by atoms with Crippen molar-refractivity contribution in [2.24, 2.45) is 23.5 Å². The van der Waals surface area contributed by atoms with Crippen LogP contribution in [0.15, 0.2) is 24.4 Å². The van der Waals surface area contributed by atoms with Gasteiger partial charge in [0.15, 0.2) is 0 Å². The van der Waals surface area contributed by atoms with Crippen molar-refractivity contribution < 1.29 is 19.1 Å². The van der Waals surface area contributed by atoms with E-state index in [9.17, 15) is 9.59 Å². The summed E-state index contributed by atoms with van der Waals surface area (Å²) >= 11 is 0. The minimum Gasteiger partial charge on any atom is -0.496 e. The summed E-state index contributed by atoms with van der Waals surface area (Å²) in [5.74, 6) is 1.58. The van der Waals surface area contributed by atoms with Gasteiger partial charge in [-0.3, -0.25) is 9.59 Å². The van der Waals surface area contributed by atoms with Gasteiger partial charge < -0.3 is 20.5 Å². The molecule has 136 valence electrons. The van der Waals surface area contributed by atoms with E-state index in [4.69, 9.17) is 15.2 Å². The van der Waals surface area contributed by atoms with Gasteiger partial charge in [0.2, 0.25) is 11.8 Å². The molecule has 2 heterocycles. The van der Waals surface area contributed by atoms with E-state index in [0.717, 1.165) is 17.2 Å². The van der Waals surface area contributed by atoms with Crippen LogP contribution < -0.4 is 20.5 Å². The van der Waals surface area contributed by atoms with Crippen molar-refractivity contribution in [3.05, 3.63) is 30.0 Å². The first-order chi connectivity index (χ1) is 12.5. The number of nitrogens with one attached hydrogen (secondary N) is 1. The van der Waals surface area contributed by atoms with Crippen LogP contribution in [0.4, 0.5) is 0 Å². The van der Waals surface area contributed by atoms with Gasteiger partial charge in [-0.15, -0.1) is 0 Å². The largest absolute Gasteiger partial charge is 0.496 e. The molecule has 0 radical (unpaired) electrons. The molecule has 0 bridgehead atoms. The van der Waals surface area contributed by atoms with Crippen LogP contribution in [0.2, 0.25) is 0 Å². The predicted octanol–water partition coefficient (Wildman–Crippen LogP) is 1.49. The maximum Gasteiger partial charge on any atom is 0.252 e. The fraction of sp³-hybridized carbons (Fsp3) is 0.421. The predicted molar refractivity (Wildman–Crippen MR) is 95.0 cm³/mol. The Hall–Kier alpha value is -2.83. The second-order valence-corrected chi connectivity index (χ2v) is 6.97. The third-order valence-corrected chi connectivity index (χ3v) is 5.52. The van der Waals surface area contributed by atoms with Gasteiger partial charge >= 0.3 is 0 Å². The van der Waals surface area contributed by atoms with Crippen LogP contribution in [0.1, 0.15) is 23.7 Å². The monoisotopic (exact) mass is 355 g/mol. The Morgan fingerprint density at radius 1 is 1.38 bits per heavy atom. The zero-order chi connectivity index (χ0) is 18.4. The van der Waals surface area contributed by atoms with E-state index in [1.165, 1.54) is 7.11 Å². The van der Waals surface area contributed by atoms with E-state index in [-0.39, 0.29) is 17.9 Å². The highest BCUT2D eigenvalue weighted by atomic mass is 16.5. The molecule has 3 N–H and O–H groups in total. The fourth-order valence-corrected chi connectivity index (χ4v) is 4.10. The molecule has 1 aromatic heterocycles. The number of pyridine rings is 1. The first-order valence-corrected chi connectivity index (χ1v) is 8.71. The summed E-state index contributed by atoms with van der Waals surface area (Å²) in [6.45, 7) is 2.57. The van der Waals surface area contributed by atoms with Gasteiger partial charge in [0.1, 0.15) is 5.75 Å². The Bertz CT molecular complexity index is 898. The van der Waals surface area contributed by atoms with Crippen LogP contribution in [0.25, 0.3) is 10.8 Å². The molecule has 4 atom stereocenters. The molecule has 1 saturated carbocycles. The molecule has 2 fully saturated rings. The maximum absolute atomic E-state index is 11.8. The topological polar surface area (TPSA) is 104 Å². The number of benzene rings is 1. The highest BCUT2D eigenvalue weighted by Gasteiger charge is 2.60. The molecule has 1 aliphatic carbocycles. The average molecular weight is 355 g/mol. The molecule has 4 rings (SSSR count). The summed E-state index contributed by atoms with van der Waals surface area (Å²) in [6, 6.07) is 5.36.